The number of aryl methyl sites for hydroxylation is 1. The SMILES string of the molecule is Cc1cc(F)c(Br)cc1S(=O)(=O)N1CC(C)CC(C(=O)O)C1. The zero-order valence-corrected chi connectivity index (χ0v) is 14.6. The molecule has 2 atom stereocenters. The molecule has 0 aliphatic carbocycles. The van der Waals surface area contributed by atoms with Gasteiger partial charge in [0.2, 0.25) is 10.0 Å². The van der Waals surface area contributed by atoms with Gasteiger partial charge in [0.15, 0.2) is 0 Å². The van der Waals surface area contributed by atoms with Gasteiger partial charge in [0.25, 0.3) is 0 Å². The predicted molar refractivity (Wildman–Crippen MR) is 82.5 cm³/mol. The van der Waals surface area contributed by atoms with Gasteiger partial charge < -0.3 is 5.11 Å². The Morgan fingerprint density at radius 1 is 1.41 bits per heavy atom. The minimum absolute atomic E-state index is 0.000913. The number of aliphatic carboxylic acids is 1. The monoisotopic (exact) mass is 393 g/mol. The lowest BCUT2D eigenvalue weighted by Crippen LogP contribution is -2.45. The molecule has 0 spiro atoms. The maximum Gasteiger partial charge on any atom is 0.307 e. The van der Waals surface area contributed by atoms with E-state index in [2.05, 4.69) is 15.9 Å². The summed E-state index contributed by atoms with van der Waals surface area (Å²) in [6, 6.07) is 2.38. The van der Waals surface area contributed by atoms with Crippen molar-refractivity contribution in [3.63, 3.8) is 0 Å². The summed E-state index contributed by atoms with van der Waals surface area (Å²) in [5.74, 6) is -2.30. The number of carbonyl (C=O) groups is 1. The molecule has 0 radical (unpaired) electrons. The minimum atomic E-state index is -3.86. The standard InChI is InChI=1S/C14H17BrFNO4S/c1-8-3-10(14(18)19)7-17(6-8)22(20,21)13-5-11(15)12(16)4-9(13)2/h4-5,8,10H,3,6-7H2,1-2H3,(H,18,19). The van der Waals surface area contributed by atoms with Gasteiger partial charge in [0.05, 0.1) is 15.3 Å². The first-order valence-corrected chi connectivity index (χ1v) is 9.04. The van der Waals surface area contributed by atoms with Gasteiger partial charge in [-0.2, -0.15) is 4.31 Å². The van der Waals surface area contributed by atoms with E-state index in [1.165, 1.54) is 17.3 Å². The Morgan fingerprint density at radius 2 is 2.05 bits per heavy atom. The van der Waals surface area contributed by atoms with Gasteiger partial charge in [-0.3, -0.25) is 4.79 Å². The maximum absolute atomic E-state index is 13.5. The summed E-state index contributed by atoms with van der Waals surface area (Å²) in [6.45, 7) is 3.55. The van der Waals surface area contributed by atoms with E-state index >= 15 is 0 Å². The second kappa shape index (κ2) is 6.25. The van der Waals surface area contributed by atoms with E-state index in [0.717, 1.165) is 6.07 Å². The van der Waals surface area contributed by atoms with Crippen molar-refractivity contribution < 1.29 is 22.7 Å². The normalized spacial score (nSPS) is 23.5. The van der Waals surface area contributed by atoms with Crippen LogP contribution in [0.25, 0.3) is 0 Å². The summed E-state index contributed by atoms with van der Waals surface area (Å²) in [5.41, 5.74) is 0.297. The Bertz CT molecular complexity index is 707. The number of piperidine rings is 1. The Balaban J connectivity index is 2.42. The fourth-order valence-electron chi connectivity index (χ4n) is 2.72. The fraction of sp³-hybridized carbons (Fsp3) is 0.500. The largest absolute Gasteiger partial charge is 0.481 e. The topological polar surface area (TPSA) is 74.7 Å². The van der Waals surface area contributed by atoms with E-state index in [1.54, 1.807) is 0 Å². The lowest BCUT2D eigenvalue weighted by atomic mass is 9.92. The zero-order valence-electron chi connectivity index (χ0n) is 12.2. The molecule has 1 aromatic rings. The summed E-state index contributed by atoms with van der Waals surface area (Å²) in [7, 11) is -3.86. The summed E-state index contributed by atoms with van der Waals surface area (Å²) >= 11 is 2.99. The van der Waals surface area contributed by atoms with Crippen LogP contribution in [0.1, 0.15) is 18.9 Å². The van der Waals surface area contributed by atoms with E-state index < -0.39 is 27.7 Å². The van der Waals surface area contributed by atoms with Crippen molar-refractivity contribution >= 4 is 31.9 Å². The molecule has 22 heavy (non-hydrogen) atoms. The Labute approximate surface area is 137 Å². The molecule has 2 rings (SSSR count). The van der Waals surface area contributed by atoms with Gasteiger partial charge in [-0.05, 0) is 52.9 Å². The third kappa shape index (κ3) is 3.33. The molecular formula is C14H17BrFNO4S. The van der Waals surface area contributed by atoms with E-state index in [9.17, 15) is 17.6 Å². The lowest BCUT2D eigenvalue weighted by Gasteiger charge is -2.34. The molecule has 0 saturated carbocycles. The number of halogens is 2. The quantitative estimate of drug-likeness (QED) is 0.856. The predicted octanol–water partition coefficient (Wildman–Crippen LogP) is 2.63. The minimum Gasteiger partial charge on any atom is -0.481 e. The molecule has 1 N–H and O–H groups in total. The molecule has 1 aliphatic rings. The summed E-state index contributed by atoms with van der Waals surface area (Å²) < 4.78 is 40.3. The summed E-state index contributed by atoms with van der Waals surface area (Å²) in [6.07, 6.45) is 0.452. The number of nitrogens with zero attached hydrogens (tertiary/aromatic N) is 1. The molecule has 1 aromatic carbocycles. The van der Waals surface area contributed by atoms with Crippen molar-refractivity contribution in [2.45, 2.75) is 25.2 Å². The lowest BCUT2D eigenvalue weighted by molar-refractivity contribution is -0.143. The third-order valence-corrected chi connectivity index (χ3v) is 6.39. The van der Waals surface area contributed by atoms with Crippen LogP contribution in [0.5, 0.6) is 0 Å². The van der Waals surface area contributed by atoms with E-state index in [1.807, 2.05) is 6.92 Å². The van der Waals surface area contributed by atoms with Gasteiger partial charge in [0, 0.05) is 13.1 Å². The van der Waals surface area contributed by atoms with Crippen LogP contribution < -0.4 is 0 Å². The highest BCUT2D eigenvalue weighted by molar-refractivity contribution is 9.10. The molecule has 122 valence electrons. The van der Waals surface area contributed by atoms with Crippen molar-refractivity contribution in [3.05, 3.63) is 28.0 Å². The van der Waals surface area contributed by atoms with Gasteiger partial charge in [0.1, 0.15) is 5.82 Å². The van der Waals surface area contributed by atoms with Gasteiger partial charge in [-0.25, -0.2) is 12.8 Å². The Kier molecular flexibility index (Phi) is 4.93. The Morgan fingerprint density at radius 3 is 2.64 bits per heavy atom. The number of carboxylic acids is 1. The van der Waals surface area contributed by atoms with Crippen molar-refractivity contribution in [2.75, 3.05) is 13.1 Å². The first-order chi connectivity index (χ1) is 10.1. The molecule has 2 unspecified atom stereocenters. The molecule has 8 heteroatoms. The number of sulfonamides is 1. The van der Waals surface area contributed by atoms with E-state index in [0.29, 0.717) is 12.0 Å². The first-order valence-electron chi connectivity index (χ1n) is 6.81. The molecule has 5 nitrogen and oxygen atoms in total. The average Bonchev–Trinajstić information content (AvgIpc) is 2.41. The molecular weight excluding hydrogens is 377 g/mol. The van der Waals surface area contributed by atoms with Crippen LogP contribution in [0.3, 0.4) is 0 Å². The average molecular weight is 394 g/mol. The highest BCUT2D eigenvalue weighted by Crippen LogP contribution is 2.30. The highest BCUT2D eigenvalue weighted by atomic mass is 79.9. The number of carboxylic acid groups (broad SMARTS) is 1. The molecule has 1 aliphatic heterocycles. The molecule has 1 heterocycles. The second-order valence-electron chi connectivity index (χ2n) is 5.73. The molecule has 0 amide bonds. The smallest absolute Gasteiger partial charge is 0.307 e. The van der Waals surface area contributed by atoms with Crippen molar-refractivity contribution in [1.82, 2.24) is 4.31 Å². The van der Waals surface area contributed by atoms with Crippen LogP contribution in [-0.2, 0) is 14.8 Å². The maximum atomic E-state index is 13.5. The Hall–Kier alpha value is -0.990. The van der Waals surface area contributed by atoms with Crippen LogP contribution in [0.2, 0.25) is 0 Å². The van der Waals surface area contributed by atoms with Gasteiger partial charge in [-0.1, -0.05) is 6.92 Å². The second-order valence-corrected chi connectivity index (χ2v) is 8.49. The van der Waals surface area contributed by atoms with Crippen molar-refractivity contribution in [1.29, 1.82) is 0 Å². The molecule has 1 saturated heterocycles. The number of rotatable bonds is 3. The van der Waals surface area contributed by atoms with Gasteiger partial charge >= 0.3 is 5.97 Å². The van der Waals surface area contributed by atoms with Crippen molar-refractivity contribution in [3.8, 4) is 0 Å². The van der Waals surface area contributed by atoms with E-state index in [4.69, 9.17) is 5.11 Å². The van der Waals surface area contributed by atoms with Crippen LogP contribution in [-0.4, -0.2) is 36.9 Å². The van der Waals surface area contributed by atoms with Crippen LogP contribution in [0, 0.1) is 24.6 Å². The molecule has 1 fully saturated rings. The number of benzene rings is 1. The van der Waals surface area contributed by atoms with Crippen LogP contribution >= 0.6 is 15.9 Å². The van der Waals surface area contributed by atoms with Crippen LogP contribution in [0.15, 0.2) is 21.5 Å². The molecule has 0 bridgehead atoms. The zero-order chi connectivity index (χ0) is 16.7. The molecule has 0 aromatic heterocycles. The summed E-state index contributed by atoms with van der Waals surface area (Å²) in [5, 5.41) is 9.17. The summed E-state index contributed by atoms with van der Waals surface area (Å²) in [4.78, 5) is 11.2. The van der Waals surface area contributed by atoms with Crippen LogP contribution in [0.4, 0.5) is 4.39 Å². The van der Waals surface area contributed by atoms with Crippen molar-refractivity contribution in [2.24, 2.45) is 11.8 Å². The third-order valence-electron chi connectivity index (χ3n) is 3.81. The first kappa shape index (κ1) is 17.4. The fourth-order valence-corrected chi connectivity index (χ4v) is 5.06. The number of hydrogen-bond acceptors (Lipinski definition) is 3. The van der Waals surface area contributed by atoms with E-state index in [-0.39, 0.29) is 28.4 Å². The highest BCUT2D eigenvalue weighted by Gasteiger charge is 2.37. The van der Waals surface area contributed by atoms with Gasteiger partial charge in [-0.15, -0.1) is 0 Å². The number of hydrogen-bond donors (Lipinski definition) is 1.